The number of carbonyl (C=O) groups excluding carboxylic acids is 1. The van der Waals surface area contributed by atoms with Gasteiger partial charge >= 0.3 is 22.9 Å². The molecule has 0 radical (unpaired) electrons. The summed E-state index contributed by atoms with van der Waals surface area (Å²) in [6.07, 6.45) is 1.77. The number of nitrogens with zero attached hydrogens (tertiary/aromatic N) is 3. The minimum Gasteiger partial charge on any atom is -0.469 e. The van der Waals surface area contributed by atoms with E-state index >= 15 is 0 Å². The third-order valence-electron chi connectivity index (χ3n) is 2.87. The van der Waals surface area contributed by atoms with Crippen LogP contribution in [-0.2, 0) is 22.6 Å². The third-order valence-corrected chi connectivity index (χ3v) is 2.87. The lowest BCUT2D eigenvalue weighted by atomic mass is 10.3. The van der Waals surface area contributed by atoms with Crippen molar-refractivity contribution in [2.75, 3.05) is 7.11 Å². The highest BCUT2D eigenvalue weighted by Crippen LogP contribution is 2.02. The molecular formula is C12H17N3O6. The number of aromatic nitrogens is 2. The normalized spacial score (nSPS) is 10.4. The molecule has 0 aromatic carbocycles. The van der Waals surface area contributed by atoms with Crippen LogP contribution in [0.5, 0.6) is 0 Å². The maximum atomic E-state index is 12.1. The molecule has 116 valence electrons. The average Bonchev–Trinajstić information content (AvgIpc) is 2.44. The van der Waals surface area contributed by atoms with Gasteiger partial charge in [0.2, 0.25) is 0 Å². The van der Waals surface area contributed by atoms with Gasteiger partial charge in [0.15, 0.2) is 0 Å². The van der Waals surface area contributed by atoms with Crippen LogP contribution in [0.1, 0.15) is 26.2 Å². The average molecular weight is 299 g/mol. The minimum atomic E-state index is -0.956. The molecule has 0 aliphatic carbocycles. The van der Waals surface area contributed by atoms with Crippen LogP contribution in [0.15, 0.2) is 15.8 Å². The second kappa shape index (κ2) is 7.36. The number of nitro groups is 1. The molecule has 0 unspecified atom stereocenters. The van der Waals surface area contributed by atoms with E-state index < -0.39 is 27.8 Å². The van der Waals surface area contributed by atoms with Crippen LogP contribution in [0, 0.1) is 10.1 Å². The van der Waals surface area contributed by atoms with E-state index in [2.05, 4.69) is 4.74 Å². The van der Waals surface area contributed by atoms with Crippen molar-refractivity contribution < 1.29 is 14.5 Å². The maximum absolute atomic E-state index is 12.1. The second-order valence-electron chi connectivity index (χ2n) is 4.38. The highest BCUT2D eigenvalue weighted by atomic mass is 16.6. The van der Waals surface area contributed by atoms with Crippen LogP contribution >= 0.6 is 0 Å². The molecule has 1 aromatic heterocycles. The summed E-state index contributed by atoms with van der Waals surface area (Å²) in [6.45, 7) is 2.01. The van der Waals surface area contributed by atoms with Gasteiger partial charge in [-0.25, -0.2) is 4.79 Å². The van der Waals surface area contributed by atoms with E-state index in [1.165, 1.54) is 7.11 Å². The van der Waals surface area contributed by atoms with Crippen molar-refractivity contribution in [2.24, 2.45) is 0 Å². The van der Waals surface area contributed by atoms with Crippen LogP contribution < -0.4 is 11.2 Å². The first-order valence-corrected chi connectivity index (χ1v) is 6.47. The fourth-order valence-electron chi connectivity index (χ4n) is 1.85. The fraction of sp³-hybridized carbons (Fsp3) is 0.583. The molecule has 0 saturated carbocycles. The monoisotopic (exact) mass is 299 g/mol. The van der Waals surface area contributed by atoms with Gasteiger partial charge in [0.1, 0.15) is 0 Å². The summed E-state index contributed by atoms with van der Waals surface area (Å²) in [5, 5.41) is 10.9. The summed E-state index contributed by atoms with van der Waals surface area (Å²) >= 11 is 0. The summed E-state index contributed by atoms with van der Waals surface area (Å²) in [5.41, 5.74) is -2.22. The Balaban J connectivity index is 3.16. The predicted molar refractivity (Wildman–Crippen MR) is 73.2 cm³/mol. The second-order valence-corrected chi connectivity index (χ2v) is 4.38. The number of rotatable bonds is 7. The molecular weight excluding hydrogens is 282 g/mol. The van der Waals surface area contributed by atoms with Crippen LogP contribution in [0.4, 0.5) is 5.69 Å². The Morgan fingerprint density at radius 1 is 1.38 bits per heavy atom. The molecule has 21 heavy (non-hydrogen) atoms. The van der Waals surface area contributed by atoms with Gasteiger partial charge in [0.25, 0.3) is 0 Å². The smallest absolute Gasteiger partial charge is 0.350 e. The van der Waals surface area contributed by atoms with E-state index in [9.17, 15) is 24.5 Å². The lowest BCUT2D eigenvalue weighted by Crippen LogP contribution is -2.40. The number of hydrogen-bond acceptors (Lipinski definition) is 6. The Labute approximate surface area is 119 Å². The lowest BCUT2D eigenvalue weighted by molar-refractivity contribution is -0.387. The molecule has 0 bridgehead atoms. The van der Waals surface area contributed by atoms with Gasteiger partial charge in [-0.1, -0.05) is 6.92 Å². The zero-order chi connectivity index (χ0) is 16.0. The molecule has 0 fully saturated rings. The van der Waals surface area contributed by atoms with Crippen molar-refractivity contribution in [1.82, 2.24) is 9.13 Å². The quantitative estimate of drug-likeness (QED) is 0.406. The molecule has 1 aromatic rings. The van der Waals surface area contributed by atoms with Crippen molar-refractivity contribution in [2.45, 2.75) is 39.3 Å². The molecule has 9 heteroatoms. The maximum Gasteiger partial charge on any atom is 0.350 e. The van der Waals surface area contributed by atoms with Gasteiger partial charge in [0.05, 0.1) is 18.2 Å². The minimum absolute atomic E-state index is 0.0266. The highest BCUT2D eigenvalue weighted by molar-refractivity contribution is 5.68. The van der Waals surface area contributed by atoms with Gasteiger partial charge in [-0.3, -0.25) is 28.8 Å². The van der Waals surface area contributed by atoms with Gasteiger partial charge in [0, 0.05) is 19.5 Å². The lowest BCUT2D eigenvalue weighted by Gasteiger charge is -2.09. The molecule has 0 amide bonds. The van der Waals surface area contributed by atoms with E-state index in [4.69, 9.17) is 0 Å². The van der Waals surface area contributed by atoms with Crippen molar-refractivity contribution >= 4 is 11.7 Å². The van der Waals surface area contributed by atoms with Crippen molar-refractivity contribution in [3.8, 4) is 0 Å². The zero-order valence-electron chi connectivity index (χ0n) is 11.9. The van der Waals surface area contributed by atoms with Crippen LogP contribution in [0.25, 0.3) is 0 Å². The SMILES string of the molecule is CCCn1cc([N+](=O)[O-])c(=O)n(CCCC(=O)OC)c1=O. The Kier molecular flexibility index (Phi) is 5.82. The number of hydrogen-bond donors (Lipinski definition) is 0. The third kappa shape index (κ3) is 4.01. The molecule has 1 heterocycles. The van der Waals surface area contributed by atoms with Crippen molar-refractivity contribution in [3.05, 3.63) is 37.1 Å². The topological polar surface area (TPSA) is 113 Å². The highest BCUT2D eigenvalue weighted by Gasteiger charge is 2.19. The number of methoxy groups -OCH3 is 1. The first kappa shape index (κ1) is 16.6. The molecule has 9 nitrogen and oxygen atoms in total. The van der Waals surface area contributed by atoms with Crippen LogP contribution in [0.2, 0.25) is 0 Å². The standard InChI is InChI=1S/C12H17N3O6/c1-3-6-13-8-9(15(19)20)11(17)14(12(13)18)7-4-5-10(16)21-2/h8H,3-7H2,1-2H3. The van der Waals surface area contributed by atoms with Crippen LogP contribution in [-0.4, -0.2) is 27.1 Å². The summed E-state index contributed by atoms with van der Waals surface area (Å²) in [4.78, 5) is 45.1. The molecule has 0 N–H and O–H groups in total. The van der Waals surface area contributed by atoms with Crippen molar-refractivity contribution in [1.29, 1.82) is 0 Å². The van der Waals surface area contributed by atoms with E-state index in [0.29, 0.717) is 6.42 Å². The number of ether oxygens (including phenoxy) is 1. The van der Waals surface area contributed by atoms with Gasteiger partial charge in [-0.05, 0) is 12.8 Å². The summed E-state index contributed by atoms with van der Waals surface area (Å²) in [6, 6.07) is 0. The molecule has 0 aliphatic heterocycles. The largest absolute Gasteiger partial charge is 0.469 e. The molecule has 0 aliphatic rings. The number of carbonyl (C=O) groups is 1. The van der Waals surface area contributed by atoms with Crippen LogP contribution in [0.3, 0.4) is 0 Å². The van der Waals surface area contributed by atoms with E-state index in [0.717, 1.165) is 15.3 Å². The number of esters is 1. The first-order valence-electron chi connectivity index (χ1n) is 6.47. The fourth-order valence-corrected chi connectivity index (χ4v) is 1.85. The molecule has 0 atom stereocenters. The zero-order valence-corrected chi connectivity index (χ0v) is 11.9. The molecule has 0 saturated heterocycles. The van der Waals surface area contributed by atoms with E-state index in [1.807, 2.05) is 6.92 Å². The summed E-state index contributed by atoms with van der Waals surface area (Å²) in [7, 11) is 1.23. The van der Waals surface area contributed by atoms with Crippen molar-refractivity contribution in [3.63, 3.8) is 0 Å². The Bertz CT molecular complexity index is 645. The number of aryl methyl sites for hydroxylation is 1. The summed E-state index contributed by atoms with van der Waals surface area (Å²) in [5.74, 6) is -0.470. The van der Waals surface area contributed by atoms with E-state index in [1.54, 1.807) is 0 Å². The van der Waals surface area contributed by atoms with Gasteiger partial charge < -0.3 is 4.74 Å². The Hall–Kier alpha value is -2.45. The molecule has 0 spiro atoms. The first-order chi connectivity index (χ1) is 9.92. The predicted octanol–water partition coefficient (Wildman–Crippen LogP) is 0.281. The Morgan fingerprint density at radius 3 is 2.57 bits per heavy atom. The van der Waals surface area contributed by atoms with Gasteiger partial charge in [-0.15, -0.1) is 0 Å². The molecule has 1 rings (SSSR count). The Morgan fingerprint density at radius 2 is 2.05 bits per heavy atom. The summed E-state index contributed by atoms with van der Waals surface area (Å²) < 4.78 is 6.38. The van der Waals surface area contributed by atoms with Gasteiger partial charge in [-0.2, -0.15) is 0 Å². The van der Waals surface area contributed by atoms with E-state index in [-0.39, 0.29) is 25.9 Å².